The lowest BCUT2D eigenvalue weighted by atomic mass is 9.75. The van der Waals surface area contributed by atoms with Crippen molar-refractivity contribution in [3.63, 3.8) is 0 Å². The number of aryl methyl sites for hydroxylation is 1. The van der Waals surface area contributed by atoms with E-state index in [4.69, 9.17) is 8.83 Å². The lowest BCUT2D eigenvalue weighted by molar-refractivity contribution is -0.122. The molecule has 3 aromatic rings. The van der Waals surface area contributed by atoms with Crippen LogP contribution >= 0.6 is 11.8 Å². The molecule has 7 heteroatoms. The molecule has 1 unspecified atom stereocenters. The fourth-order valence-corrected chi connectivity index (χ4v) is 5.86. The summed E-state index contributed by atoms with van der Waals surface area (Å²) >= 11 is 1.81. The normalized spacial score (nSPS) is 16.3. The quantitative estimate of drug-likeness (QED) is 0.497. The highest BCUT2D eigenvalue weighted by molar-refractivity contribution is 7.99. The molecule has 0 saturated carbocycles. The fraction of sp³-hybridized carbons (Fsp3) is 0.385. The van der Waals surface area contributed by atoms with Crippen LogP contribution in [0.5, 0.6) is 5.75 Å². The standard InChI is InChI=1S/C26H29NO5S/c1-18-16-21(28)24(30)25(32-18)26(10-14-33-15-11-26)17-23(29)27-12-9-20(22-8-5-13-31-22)19-6-3-2-4-7-19/h2-8,13,16,20,30H,9-12,14-15,17H2,1H3,(H,27,29). The zero-order valence-electron chi connectivity index (χ0n) is 18.7. The Hall–Kier alpha value is -2.93. The average Bonchev–Trinajstić information content (AvgIpc) is 3.35. The first-order valence-corrected chi connectivity index (χ1v) is 12.4. The van der Waals surface area contributed by atoms with Crippen LogP contribution in [0.1, 0.15) is 54.4 Å². The van der Waals surface area contributed by atoms with E-state index in [9.17, 15) is 14.7 Å². The van der Waals surface area contributed by atoms with E-state index < -0.39 is 10.8 Å². The van der Waals surface area contributed by atoms with Crippen LogP contribution in [-0.2, 0) is 10.2 Å². The molecule has 1 amide bonds. The summed E-state index contributed by atoms with van der Waals surface area (Å²) in [5.41, 5.74) is -0.00500. The van der Waals surface area contributed by atoms with E-state index in [1.807, 2.05) is 42.1 Å². The monoisotopic (exact) mass is 467 g/mol. The van der Waals surface area contributed by atoms with E-state index in [0.717, 1.165) is 22.8 Å². The maximum atomic E-state index is 13.0. The minimum Gasteiger partial charge on any atom is -0.502 e. The Bertz CT molecular complexity index is 1120. The molecule has 3 heterocycles. The summed E-state index contributed by atoms with van der Waals surface area (Å²) in [6.45, 7) is 2.17. The Morgan fingerprint density at radius 3 is 2.64 bits per heavy atom. The lowest BCUT2D eigenvalue weighted by Crippen LogP contribution is -2.39. The maximum absolute atomic E-state index is 13.0. The second kappa shape index (κ2) is 10.3. The van der Waals surface area contributed by atoms with Gasteiger partial charge in [-0.1, -0.05) is 30.3 Å². The molecule has 1 aromatic carbocycles. The second-order valence-corrected chi connectivity index (χ2v) is 9.81. The van der Waals surface area contributed by atoms with E-state index in [0.29, 0.717) is 31.6 Å². The molecule has 0 spiro atoms. The highest BCUT2D eigenvalue weighted by Crippen LogP contribution is 2.44. The van der Waals surface area contributed by atoms with Gasteiger partial charge in [0.05, 0.1) is 6.26 Å². The van der Waals surface area contributed by atoms with Crippen molar-refractivity contribution in [2.24, 2.45) is 0 Å². The van der Waals surface area contributed by atoms with Gasteiger partial charge in [-0.3, -0.25) is 9.59 Å². The molecular weight excluding hydrogens is 438 g/mol. The topological polar surface area (TPSA) is 92.7 Å². The Kier molecular flexibility index (Phi) is 7.28. The van der Waals surface area contributed by atoms with Gasteiger partial charge in [0.25, 0.3) is 0 Å². The van der Waals surface area contributed by atoms with E-state index in [1.165, 1.54) is 6.07 Å². The molecule has 2 N–H and O–H groups in total. The van der Waals surface area contributed by atoms with Gasteiger partial charge in [0.1, 0.15) is 11.5 Å². The third kappa shape index (κ3) is 5.36. The van der Waals surface area contributed by atoms with Gasteiger partial charge in [0.2, 0.25) is 17.1 Å². The average molecular weight is 468 g/mol. The van der Waals surface area contributed by atoms with Crippen LogP contribution in [0.3, 0.4) is 0 Å². The minimum absolute atomic E-state index is 0.0420. The van der Waals surface area contributed by atoms with Gasteiger partial charge in [-0.25, -0.2) is 0 Å². The summed E-state index contributed by atoms with van der Waals surface area (Å²) in [4.78, 5) is 25.2. The SMILES string of the molecule is Cc1cc(=O)c(O)c(C2(CC(=O)NCCC(c3ccccc3)c3ccco3)CCSCC2)o1. The second-order valence-electron chi connectivity index (χ2n) is 8.59. The Morgan fingerprint density at radius 2 is 1.94 bits per heavy atom. The molecule has 1 atom stereocenters. The van der Waals surface area contributed by atoms with E-state index in [1.54, 1.807) is 13.2 Å². The van der Waals surface area contributed by atoms with Gasteiger partial charge in [0.15, 0.2) is 5.76 Å². The van der Waals surface area contributed by atoms with E-state index >= 15 is 0 Å². The molecule has 1 fully saturated rings. The summed E-state index contributed by atoms with van der Waals surface area (Å²) in [6.07, 6.45) is 3.87. The largest absolute Gasteiger partial charge is 0.502 e. The summed E-state index contributed by atoms with van der Waals surface area (Å²) < 4.78 is 11.5. The zero-order valence-corrected chi connectivity index (χ0v) is 19.5. The molecule has 2 aromatic heterocycles. The molecule has 1 aliphatic heterocycles. The van der Waals surface area contributed by atoms with Crippen LogP contribution in [0.15, 0.2) is 68.4 Å². The van der Waals surface area contributed by atoms with Crippen molar-refractivity contribution in [2.45, 2.75) is 43.9 Å². The van der Waals surface area contributed by atoms with Crippen LogP contribution in [0, 0.1) is 6.92 Å². The molecule has 33 heavy (non-hydrogen) atoms. The predicted octanol–water partition coefficient (Wildman–Crippen LogP) is 4.74. The molecular formula is C26H29NO5S. The lowest BCUT2D eigenvalue weighted by Gasteiger charge is -2.35. The van der Waals surface area contributed by atoms with Gasteiger partial charge in [-0.15, -0.1) is 0 Å². The third-order valence-corrected chi connectivity index (χ3v) is 7.31. The molecule has 1 aliphatic rings. The first-order chi connectivity index (χ1) is 16.0. The number of hydrogen-bond acceptors (Lipinski definition) is 6. The van der Waals surface area contributed by atoms with Crippen LogP contribution < -0.4 is 10.7 Å². The molecule has 1 saturated heterocycles. The van der Waals surface area contributed by atoms with Crippen LogP contribution in [0.2, 0.25) is 0 Å². The molecule has 0 bridgehead atoms. The van der Waals surface area contributed by atoms with Crippen LogP contribution in [0.4, 0.5) is 0 Å². The summed E-state index contributed by atoms with van der Waals surface area (Å²) in [7, 11) is 0. The van der Waals surface area contributed by atoms with Gasteiger partial charge in [-0.2, -0.15) is 11.8 Å². The number of rotatable bonds is 8. The van der Waals surface area contributed by atoms with Crippen LogP contribution in [0.25, 0.3) is 0 Å². The highest BCUT2D eigenvalue weighted by atomic mass is 32.2. The number of carbonyl (C=O) groups excluding carboxylic acids is 1. The van der Waals surface area contributed by atoms with Crippen molar-refractivity contribution in [3.8, 4) is 5.75 Å². The molecule has 0 radical (unpaired) electrons. The molecule has 0 aliphatic carbocycles. The number of carbonyl (C=O) groups is 1. The van der Waals surface area contributed by atoms with Crippen molar-refractivity contribution in [3.05, 3.63) is 87.9 Å². The highest BCUT2D eigenvalue weighted by Gasteiger charge is 2.41. The van der Waals surface area contributed by atoms with Crippen molar-refractivity contribution in [2.75, 3.05) is 18.1 Å². The van der Waals surface area contributed by atoms with Crippen molar-refractivity contribution < 1.29 is 18.7 Å². The molecule has 4 rings (SSSR count). The number of benzene rings is 1. The summed E-state index contributed by atoms with van der Waals surface area (Å²) in [6, 6.07) is 15.2. The van der Waals surface area contributed by atoms with E-state index in [-0.39, 0.29) is 29.8 Å². The number of aromatic hydroxyl groups is 1. The first kappa shape index (κ1) is 23.2. The van der Waals surface area contributed by atoms with Gasteiger partial charge in [-0.05, 0) is 55.4 Å². The van der Waals surface area contributed by atoms with Crippen molar-refractivity contribution >= 4 is 17.7 Å². The van der Waals surface area contributed by atoms with Crippen molar-refractivity contribution in [1.29, 1.82) is 0 Å². The predicted molar refractivity (Wildman–Crippen MR) is 129 cm³/mol. The number of nitrogens with one attached hydrogen (secondary N) is 1. The zero-order chi connectivity index (χ0) is 23.3. The fourth-order valence-electron chi connectivity index (χ4n) is 4.58. The summed E-state index contributed by atoms with van der Waals surface area (Å²) in [5, 5.41) is 13.5. The molecule has 174 valence electrons. The number of thioether (sulfide) groups is 1. The number of amides is 1. The van der Waals surface area contributed by atoms with Crippen molar-refractivity contribution in [1.82, 2.24) is 5.32 Å². The van der Waals surface area contributed by atoms with Gasteiger partial charge < -0.3 is 19.3 Å². The maximum Gasteiger partial charge on any atom is 0.227 e. The Labute approximate surface area is 197 Å². The Morgan fingerprint density at radius 1 is 1.18 bits per heavy atom. The number of furan rings is 1. The van der Waals surface area contributed by atoms with E-state index in [2.05, 4.69) is 17.4 Å². The third-order valence-electron chi connectivity index (χ3n) is 6.32. The first-order valence-electron chi connectivity index (χ1n) is 11.3. The smallest absolute Gasteiger partial charge is 0.227 e. The summed E-state index contributed by atoms with van der Waals surface area (Å²) in [5.74, 6) is 2.80. The number of hydrogen-bond donors (Lipinski definition) is 2. The Balaban J connectivity index is 1.47. The van der Waals surface area contributed by atoms with Gasteiger partial charge >= 0.3 is 0 Å². The minimum atomic E-state index is -0.676. The molecule has 6 nitrogen and oxygen atoms in total. The van der Waals surface area contributed by atoms with Crippen LogP contribution in [-0.4, -0.2) is 29.1 Å². The van der Waals surface area contributed by atoms with Gasteiger partial charge in [0, 0.05) is 30.4 Å².